The number of carbonyl (C=O) groups is 2. The standard InChI is InChI=1S/C30H23F4N5O2/c31-20-11-17(12-21(32)15-20)13-24(27-22(7-4-10-36-27)18-5-3-6-19(14-18)29(35)41)37-26(40)16-39-25-9-2-1-8-23(25)38-30(39)28(33)34/h1-12,14-15,24,28H,13,16H2,(H2,35,41)(H,37,40)/t24-/m0/s1. The third kappa shape index (κ3) is 6.08. The average Bonchev–Trinajstić information content (AvgIpc) is 3.31. The number of halogens is 4. The van der Waals surface area contributed by atoms with Crippen LogP contribution in [0.4, 0.5) is 17.6 Å². The quantitative estimate of drug-likeness (QED) is 0.232. The number of nitrogens with one attached hydrogen (secondary N) is 1. The molecule has 2 heterocycles. The molecular weight excluding hydrogens is 538 g/mol. The molecule has 0 aliphatic heterocycles. The minimum absolute atomic E-state index is 0.0771. The number of fused-ring (bicyclic) bond motifs is 1. The highest BCUT2D eigenvalue weighted by molar-refractivity contribution is 5.94. The molecule has 0 aliphatic rings. The van der Waals surface area contributed by atoms with Gasteiger partial charge in [-0.05, 0) is 60.0 Å². The number of primary amides is 1. The van der Waals surface area contributed by atoms with Crippen LogP contribution in [0.3, 0.4) is 0 Å². The average molecular weight is 562 g/mol. The topological polar surface area (TPSA) is 103 Å². The van der Waals surface area contributed by atoms with E-state index >= 15 is 0 Å². The maximum absolute atomic E-state index is 14.1. The van der Waals surface area contributed by atoms with E-state index < -0.39 is 48.3 Å². The van der Waals surface area contributed by atoms with Gasteiger partial charge in [0.2, 0.25) is 11.8 Å². The SMILES string of the molecule is NC(=O)c1cccc(-c2cccnc2[C@H](Cc2cc(F)cc(F)c2)NC(=O)Cn2c(C(F)F)nc3ccccc32)c1. The van der Waals surface area contributed by atoms with Crippen molar-refractivity contribution in [2.24, 2.45) is 5.73 Å². The van der Waals surface area contributed by atoms with Crippen molar-refractivity contribution in [2.45, 2.75) is 25.4 Å². The Balaban J connectivity index is 1.54. The maximum atomic E-state index is 14.1. The highest BCUT2D eigenvalue weighted by Gasteiger charge is 2.25. The van der Waals surface area contributed by atoms with Gasteiger partial charge in [-0.2, -0.15) is 0 Å². The number of aromatic nitrogens is 3. The summed E-state index contributed by atoms with van der Waals surface area (Å²) >= 11 is 0. The first-order valence-electron chi connectivity index (χ1n) is 12.5. The van der Waals surface area contributed by atoms with Gasteiger partial charge in [0.25, 0.3) is 6.43 Å². The number of imidazole rings is 1. The normalized spacial score (nSPS) is 12.0. The van der Waals surface area contributed by atoms with Gasteiger partial charge in [0.05, 0.1) is 22.8 Å². The number of nitrogens with zero attached hydrogens (tertiary/aromatic N) is 3. The molecule has 3 aromatic carbocycles. The molecule has 5 rings (SSSR count). The van der Waals surface area contributed by atoms with Crippen molar-refractivity contribution in [3.8, 4) is 11.1 Å². The molecule has 0 unspecified atom stereocenters. The zero-order chi connectivity index (χ0) is 29.1. The summed E-state index contributed by atoms with van der Waals surface area (Å²) in [5, 5.41) is 2.81. The fourth-order valence-electron chi connectivity index (χ4n) is 4.77. The summed E-state index contributed by atoms with van der Waals surface area (Å²) < 4.78 is 56.9. The van der Waals surface area contributed by atoms with E-state index in [1.165, 1.54) is 6.20 Å². The molecule has 0 radical (unpaired) electrons. The van der Waals surface area contributed by atoms with Gasteiger partial charge in [-0.15, -0.1) is 0 Å². The molecule has 2 amide bonds. The summed E-state index contributed by atoms with van der Waals surface area (Å²) in [5.74, 6) is -3.45. The molecule has 0 spiro atoms. The highest BCUT2D eigenvalue weighted by atomic mass is 19.3. The van der Waals surface area contributed by atoms with E-state index in [0.29, 0.717) is 27.9 Å². The molecule has 7 nitrogen and oxygen atoms in total. The second-order valence-electron chi connectivity index (χ2n) is 9.33. The van der Waals surface area contributed by atoms with Crippen LogP contribution in [-0.2, 0) is 17.8 Å². The van der Waals surface area contributed by atoms with Crippen LogP contribution in [0, 0.1) is 11.6 Å². The summed E-state index contributed by atoms with van der Waals surface area (Å²) in [7, 11) is 0. The number of para-hydroxylation sites is 2. The summed E-state index contributed by atoms with van der Waals surface area (Å²) in [6, 6.07) is 18.3. The van der Waals surface area contributed by atoms with Crippen LogP contribution in [0.25, 0.3) is 22.2 Å². The van der Waals surface area contributed by atoms with Crippen LogP contribution < -0.4 is 11.1 Å². The molecule has 0 bridgehead atoms. The Hall–Kier alpha value is -5.06. The Bertz CT molecular complexity index is 1730. The van der Waals surface area contributed by atoms with Crippen LogP contribution in [0.15, 0.2) is 85.1 Å². The second-order valence-corrected chi connectivity index (χ2v) is 9.33. The van der Waals surface area contributed by atoms with Gasteiger partial charge in [0.15, 0.2) is 5.82 Å². The summed E-state index contributed by atoms with van der Waals surface area (Å²) in [4.78, 5) is 33.6. The number of pyridine rings is 1. The predicted octanol–water partition coefficient (Wildman–Crippen LogP) is 5.51. The summed E-state index contributed by atoms with van der Waals surface area (Å²) in [5.41, 5.74) is 8.01. The van der Waals surface area contributed by atoms with Crippen molar-refractivity contribution in [1.29, 1.82) is 0 Å². The molecule has 0 saturated heterocycles. The minimum atomic E-state index is -2.93. The van der Waals surface area contributed by atoms with Crippen LogP contribution in [0.1, 0.15) is 39.9 Å². The number of hydrogen-bond acceptors (Lipinski definition) is 4. The fourth-order valence-corrected chi connectivity index (χ4v) is 4.77. The van der Waals surface area contributed by atoms with Gasteiger partial charge < -0.3 is 15.6 Å². The lowest BCUT2D eigenvalue weighted by molar-refractivity contribution is -0.122. The summed E-state index contributed by atoms with van der Waals surface area (Å²) in [6.07, 6.45) is -1.52. The van der Waals surface area contributed by atoms with Crippen molar-refractivity contribution < 1.29 is 27.2 Å². The van der Waals surface area contributed by atoms with Gasteiger partial charge in [0, 0.05) is 23.4 Å². The van der Waals surface area contributed by atoms with E-state index in [4.69, 9.17) is 5.73 Å². The van der Waals surface area contributed by atoms with Gasteiger partial charge in [-0.1, -0.05) is 30.3 Å². The number of amides is 2. The molecule has 0 aliphatic carbocycles. The lowest BCUT2D eigenvalue weighted by Gasteiger charge is -2.22. The Labute approximate surface area is 231 Å². The first-order chi connectivity index (χ1) is 19.7. The second kappa shape index (κ2) is 11.6. The van der Waals surface area contributed by atoms with Crippen LogP contribution >= 0.6 is 0 Å². The van der Waals surface area contributed by atoms with Crippen LogP contribution in [-0.4, -0.2) is 26.3 Å². The lowest BCUT2D eigenvalue weighted by Crippen LogP contribution is -2.34. The van der Waals surface area contributed by atoms with Crippen LogP contribution in [0.2, 0.25) is 0 Å². The minimum Gasteiger partial charge on any atom is -0.366 e. The van der Waals surface area contributed by atoms with Gasteiger partial charge in [-0.25, -0.2) is 22.5 Å². The molecule has 2 aromatic heterocycles. The number of hydrogen-bond donors (Lipinski definition) is 2. The lowest BCUT2D eigenvalue weighted by atomic mass is 9.94. The zero-order valence-electron chi connectivity index (χ0n) is 21.4. The van der Waals surface area contributed by atoms with E-state index in [-0.39, 0.29) is 17.5 Å². The summed E-state index contributed by atoms with van der Waals surface area (Å²) in [6.45, 7) is -0.493. The van der Waals surface area contributed by atoms with E-state index in [2.05, 4.69) is 15.3 Å². The molecule has 1 atom stereocenters. The molecular formula is C30H23F4N5O2. The maximum Gasteiger partial charge on any atom is 0.295 e. The van der Waals surface area contributed by atoms with Gasteiger partial charge in [-0.3, -0.25) is 14.6 Å². The Morgan fingerprint density at radius 3 is 2.41 bits per heavy atom. The fraction of sp³-hybridized carbons (Fsp3) is 0.133. The smallest absolute Gasteiger partial charge is 0.295 e. The van der Waals surface area contributed by atoms with Crippen molar-refractivity contribution in [1.82, 2.24) is 19.9 Å². The van der Waals surface area contributed by atoms with E-state index in [9.17, 15) is 27.2 Å². The number of alkyl halides is 2. The largest absolute Gasteiger partial charge is 0.366 e. The number of benzene rings is 3. The molecule has 0 saturated carbocycles. The molecule has 0 fully saturated rings. The van der Waals surface area contributed by atoms with Crippen LogP contribution in [0.5, 0.6) is 0 Å². The van der Waals surface area contributed by atoms with Crippen molar-refractivity contribution >= 4 is 22.8 Å². The van der Waals surface area contributed by atoms with Crippen molar-refractivity contribution in [3.63, 3.8) is 0 Å². The molecule has 41 heavy (non-hydrogen) atoms. The van der Waals surface area contributed by atoms with Gasteiger partial charge >= 0.3 is 0 Å². The Morgan fingerprint density at radius 2 is 1.68 bits per heavy atom. The van der Waals surface area contributed by atoms with Crippen molar-refractivity contribution in [2.75, 3.05) is 0 Å². The highest BCUT2D eigenvalue weighted by Crippen LogP contribution is 2.30. The van der Waals surface area contributed by atoms with E-state index in [1.807, 2.05) is 0 Å². The Morgan fingerprint density at radius 1 is 0.927 bits per heavy atom. The third-order valence-corrected chi connectivity index (χ3v) is 6.51. The molecule has 3 N–H and O–H groups in total. The molecule has 5 aromatic rings. The van der Waals surface area contributed by atoms with Gasteiger partial charge in [0.1, 0.15) is 18.2 Å². The molecule has 11 heteroatoms. The number of nitrogens with two attached hydrogens (primary N) is 1. The first kappa shape index (κ1) is 27.5. The number of carbonyl (C=O) groups excluding carboxylic acids is 2. The molecule has 208 valence electrons. The monoisotopic (exact) mass is 561 g/mol. The van der Waals surface area contributed by atoms with Crippen molar-refractivity contribution in [3.05, 3.63) is 119 Å². The predicted molar refractivity (Wildman–Crippen MR) is 144 cm³/mol. The van der Waals surface area contributed by atoms with E-state index in [1.54, 1.807) is 60.7 Å². The Kier molecular flexibility index (Phi) is 7.77. The zero-order valence-corrected chi connectivity index (χ0v) is 21.4. The third-order valence-electron chi connectivity index (χ3n) is 6.51. The van der Waals surface area contributed by atoms with E-state index in [0.717, 1.165) is 22.8 Å². The first-order valence-corrected chi connectivity index (χ1v) is 12.5. The number of rotatable bonds is 9.